The third kappa shape index (κ3) is 4.36. The number of rotatable bonds is 4. The van der Waals surface area contributed by atoms with Crippen LogP contribution in [0.4, 0.5) is 5.69 Å². The number of aryl methyl sites for hydroxylation is 1. The van der Waals surface area contributed by atoms with Crippen molar-refractivity contribution in [2.75, 3.05) is 37.6 Å². The van der Waals surface area contributed by atoms with E-state index in [1.165, 1.54) is 4.31 Å². The van der Waals surface area contributed by atoms with E-state index in [1.54, 1.807) is 46.2 Å². The third-order valence-electron chi connectivity index (χ3n) is 5.90. The summed E-state index contributed by atoms with van der Waals surface area (Å²) in [6.45, 7) is 3.93. The number of para-hydroxylation sites is 1. The standard InChI is InChI=1S/C23H27N3O4S/c1-18-9-11-19(12-10-18)31(29,30)25-14-5-13-24(16-17-25)23(28)20-6-2-3-7-21(20)26-15-4-8-22(26)27/h2-3,6-7,9-12H,4-5,8,13-17H2,1H3. The smallest absolute Gasteiger partial charge is 0.256 e. The minimum absolute atomic E-state index is 0.0338. The van der Waals surface area contributed by atoms with Crippen molar-refractivity contribution in [3.8, 4) is 0 Å². The number of amides is 2. The van der Waals surface area contributed by atoms with Gasteiger partial charge in [0.25, 0.3) is 5.91 Å². The first-order chi connectivity index (χ1) is 14.9. The van der Waals surface area contributed by atoms with E-state index in [4.69, 9.17) is 0 Å². The molecule has 2 saturated heterocycles. The first-order valence-electron chi connectivity index (χ1n) is 10.6. The first-order valence-corrected chi connectivity index (χ1v) is 12.1. The van der Waals surface area contributed by atoms with Gasteiger partial charge in [0.2, 0.25) is 15.9 Å². The molecule has 2 heterocycles. The van der Waals surface area contributed by atoms with Gasteiger partial charge in [0, 0.05) is 39.1 Å². The molecule has 0 saturated carbocycles. The second kappa shape index (κ2) is 8.80. The Bertz CT molecular complexity index is 1080. The van der Waals surface area contributed by atoms with Crippen LogP contribution in [-0.4, -0.2) is 62.2 Å². The molecule has 0 spiro atoms. The summed E-state index contributed by atoms with van der Waals surface area (Å²) >= 11 is 0. The van der Waals surface area contributed by atoms with Gasteiger partial charge >= 0.3 is 0 Å². The van der Waals surface area contributed by atoms with Gasteiger partial charge in [0.05, 0.1) is 16.1 Å². The molecule has 8 heteroatoms. The molecule has 0 bridgehead atoms. The average molecular weight is 442 g/mol. The number of carbonyl (C=O) groups excluding carboxylic acids is 2. The van der Waals surface area contributed by atoms with Gasteiger partial charge in [-0.1, -0.05) is 29.8 Å². The molecular weight excluding hydrogens is 414 g/mol. The van der Waals surface area contributed by atoms with Crippen LogP contribution >= 0.6 is 0 Å². The third-order valence-corrected chi connectivity index (χ3v) is 7.81. The highest BCUT2D eigenvalue weighted by Crippen LogP contribution is 2.27. The maximum Gasteiger partial charge on any atom is 0.256 e. The zero-order valence-electron chi connectivity index (χ0n) is 17.7. The Morgan fingerprint density at radius 2 is 1.61 bits per heavy atom. The van der Waals surface area contributed by atoms with E-state index in [0.29, 0.717) is 50.3 Å². The maximum absolute atomic E-state index is 13.3. The molecule has 164 valence electrons. The van der Waals surface area contributed by atoms with E-state index in [9.17, 15) is 18.0 Å². The molecule has 31 heavy (non-hydrogen) atoms. The van der Waals surface area contributed by atoms with Crippen LogP contribution in [0.15, 0.2) is 53.4 Å². The molecule has 0 radical (unpaired) electrons. The Kier molecular flexibility index (Phi) is 6.11. The highest BCUT2D eigenvalue weighted by Gasteiger charge is 2.31. The van der Waals surface area contributed by atoms with Crippen LogP contribution in [0.1, 0.15) is 35.2 Å². The molecule has 2 aromatic carbocycles. The fourth-order valence-electron chi connectivity index (χ4n) is 4.16. The molecule has 2 aromatic rings. The summed E-state index contributed by atoms with van der Waals surface area (Å²) < 4.78 is 27.5. The van der Waals surface area contributed by atoms with Gasteiger partial charge in [-0.3, -0.25) is 9.59 Å². The Balaban J connectivity index is 1.51. The molecule has 2 fully saturated rings. The van der Waals surface area contributed by atoms with Gasteiger partial charge in [-0.2, -0.15) is 4.31 Å². The molecule has 0 aliphatic carbocycles. The van der Waals surface area contributed by atoms with Crippen molar-refractivity contribution < 1.29 is 18.0 Å². The molecule has 2 amide bonds. The Hall–Kier alpha value is -2.71. The normalized spacial score (nSPS) is 18.3. The summed E-state index contributed by atoms with van der Waals surface area (Å²) in [5.74, 6) is -0.128. The molecule has 7 nitrogen and oxygen atoms in total. The van der Waals surface area contributed by atoms with Gasteiger partial charge in [-0.05, 0) is 44.0 Å². The molecule has 0 N–H and O–H groups in total. The Labute approximate surface area is 183 Å². The van der Waals surface area contributed by atoms with Gasteiger partial charge in [0.15, 0.2) is 0 Å². The Morgan fingerprint density at radius 3 is 2.32 bits per heavy atom. The van der Waals surface area contributed by atoms with Crippen molar-refractivity contribution in [1.82, 2.24) is 9.21 Å². The van der Waals surface area contributed by atoms with Crippen LogP contribution < -0.4 is 4.90 Å². The number of hydrogen-bond acceptors (Lipinski definition) is 4. The van der Waals surface area contributed by atoms with Crippen molar-refractivity contribution in [2.45, 2.75) is 31.1 Å². The molecule has 0 atom stereocenters. The lowest BCUT2D eigenvalue weighted by Crippen LogP contribution is -2.38. The number of carbonyl (C=O) groups is 2. The number of sulfonamides is 1. The summed E-state index contributed by atoms with van der Waals surface area (Å²) in [7, 11) is -3.60. The van der Waals surface area contributed by atoms with E-state index in [0.717, 1.165) is 12.0 Å². The number of anilines is 1. The zero-order chi connectivity index (χ0) is 22.0. The predicted molar refractivity (Wildman–Crippen MR) is 118 cm³/mol. The van der Waals surface area contributed by atoms with Crippen molar-refractivity contribution in [2.24, 2.45) is 0 Å². The van der Waals surface area contributed by atoms with E-state index >= 15 is 0 Å². The van der Waals surface area contributed by atoms with Crippen molar-refractivity contribution in [1.29, 1.82) is 0 Å². The largest absolute Gasteiger partial charge is 0.337 e. The summed E-state index contributed by atoms with van der Waals surface area (Å²) in [5.41, 5.74) is 2.14. The summed E-state index contributed by atoms with van der Waals surface area (Å²) in [6, 6.07) is 14.0. The minimum Gasteiger partial charge on any atom is -0.337 e. The van der Waals surface area contributed by atoms with Gasteiger partial charge in [-0.15, -0.1) is 0 Å². The minimum atomic E-state index is -3.60. The van der Waals surface area contributed by atoms with Crippen LogP contribution in [0.5, 0.6) is 0 Å². The van der Waals surface area contributed by atoms with E-state index in [2.05, 4.69) is 0 Å². The lowest BCUT2D eigenvalue weighted by atomic mass is 10.1. The SMILES string of the molecule is Cc1ccc(S(=O)(=O)N2CCCN(C(=O)c3ccccc3N3CCCC3=O)CC2)cc1. The highest BCUT2D eigenvalue weighted by molar-refractivity contribution is 7.89. The summed E-state index contributed by atoms with van der Waals surface area (Å²) in [5, 5.41) is 0. The van der Waals surface area contributed by atoms with E-state index < -0.39 is 10.0 Å². The highest BCUT2D eigenvalue weighted by atomic mass is 32.2. The van der Waals surface area contributed by atoms with E-state index in [1.807, 2.05) is 19.1 Å². The fourth-order valence-corrected chi connectivity index (χ4v) is 5.63. The van der Waals surface area contributed by atoms with Crippen LogP contribution in [0.2, 0.25) is 0 Å². The fraction of sp³-hybridized carbons (Fsp3) is 0.391. The van der Waals surface area contributed by atoms with Crippen LogP contribution in [-0.2, 0) is 14.8 Å². The number of hydrogen-bond donors (Lipinski definition) is 0. The molecule has 4 rings (SSSR count). The van der Waals surface area contributed by atoms with Crippen molar-refractivity contribution >= 4 is 27.5 Å². The van der Waals surface area contributed by atoms with Crippen molar-refractivity contribution in [3.63, 3.8) is 0 Å². The second-order valence-corrected chi connectivity index (χ2v) is 9.97. The Morgan fingerprint density at radius 1 is 0.871 bits per heavy atom. The summed E-state index contributed by atoms with van der Waals surface area (Å²) in [6.07, 6.45) is 1.84. The molecule has 2 aliphatic heterocycles. The van der Waals surface area contributed by atoms with Crippen LogP contribution in [0.25, 0.3) is 0 Å². The zero-order valence-corrected chi connectivity index (χ0v) is 18.5. The summed E-state index contributed by atoms with van der Waals surface area (Å²) in [4.78, 5) is 29.2. The van der Waals surface area contributed by atoms with Crippen molar-refractivity contribution in [3.05, 3.63) is 59.7 Å². The number of benzene rings is 2. The topological polar surface area (TPSA) is 78.0 Å². The lowest BCUT2D eigenvalue weighted by molar-refractivity contribution is -0.117. The second-order valence-electron chi connectivity index (χ2n) is 8.03. The molecular formula is C23H27N3O4S. The molecule has 0 aromatic heterocycles. The lowest BCUT2D eigenvalue weighted by Gasteiger charge is -2.25. The average Bonchev–Trinajstić information content (AvgIpc) is 3.04. The molecule has 2 aliphatic rings. The monoisotopic (exact) mass is 441 g/mol. The maximum atomic E-state index is 13.3. The first kappa shape index (κ1) is 21.5. The van der Waals surface area contributed by atoms with Crippen LogP contribution in [0, 0.1) is 6.92 Å². The van der Waals surface area contributed by atoms with Gasteiger partial charge < -0.3 is 9.80 Å². The molecule has 0 unspecified atom stereocenters. The predicted octanol–water partition coefficient (Wildman–Crippen LogP) is 2.66. The van der Waals surface area contributed by atoms with Gasteiger partial charge in [0.1, 0.15) is 0 Å². The van der Waals surface area contributed by atoms with E-state index in [-0.39, 0.29) is 23.3 Å². The quantitative estimate of drug-likeness (QED) is 0.731. The van der Waals surface area contributed by atoms with Crippen LogP contribution in [0.3, 0.4) is 0 Å². The number of nitrogens with zero attached hydrogens (tertiary/aromatic N) is 3. The van der Waals surface area contributed by atoms with Gasteiger partial charge in [-0.25, -0.2) is 8.42 Å².